The first kappa shape index (κ1) is 10.0. The van der Waals surface area contributed by atoms with Crippen LogP contribution >= 0.6 is 11.8 Å². The molecule has 1 heterocycles. The highest BCUT2D eigenvalue weighted by Crippen LogP contribution is 2.21. The van der Waals surface area contributed by atoms with Gasteiger partial charge in [-0.25, -0.2) is 4.98 Å². The van der Waals surface area contributed by atoms with Crippen LogP contribution in [0.25, 0.3) is 11.0 Å². The number of hydrogen-bond acceptors (Lipinski definition) is 3. The van der Waals surface area contributed by atoms with Gasteiger partial charge in [0.15, 0.2) is 5.16 Å². The van der Waals surface area contributed by atoms with Crippen LogP contribution in [0.5, 0.6) is 0 Å². The number of imidazole rings is 1. The van der Waals surface area contributed by atoms with Crippen LogP contribution in [0, 0.1) is 0 Å². The fourth-order valence-electron chi connectivity index (χ4n) is 1.52. The van der Waals surface area contributed by atoms with Crippen molar-refractivity contribution >= 4 is 28.7 Å². The summed E-state index contributed by atoms with van der Waals surface area (Å²) in [6.45, 7) is 0.177. The second-order valence-corrected chi connectivity index (χ2v) is 3.91. The van der Waals surface area contributed by atoms with Gasteiger partial charge in [0.1, 0.15) is 6.54 Å². The largest absolute Gasteiger partial charge is 0.368 e. The Bertz CT molecular complexity index is 506. The van der Waals surface area contributed by atoms with Gasteiger partial charge in [0.25, 0.3) is 0 Å². The first-order valence-corrected chi connectivity index (χ1v) is 5.72. The summed E-state index contributed by atoms with van der Waals surface area (Å²) in [6.07, 6.45) is 1.93. The second-order valence-electron chi connectivity index (χ2n) is 3.14. The lowest BCUT2D eigenvalue weighted by atomic mass is 10.3. The molecule has 0 atom stereocenters. The fraction of sp³-hybridized carbons (Fsp3) is 0.200. The van der Waals surface area contributed by atoms with Crippen molar-refractivity contribution in [2.75, 3.05) is 6.26 Å². The predicted octanol–water partition coefficient (Wildman–Crippen LogP) is 1.24. The standard InChI is InChI=1S/C10H11N3OS/c1-15-10-12-7-4-2-3-5-8(7)13(10)6-9(11)14/h2-5H,6H2,1H3,(H2,11,14). The van der Waals surface area contributed by atoms with Crippen molar-refractivity contribution in [2.45, 2.75) is 11.7 Å². The fourth-order valence-corrected chi connectivity index (χ4v) is 2.09. The van der Waals surface area contributed by atoms with Crippen molar-refractivity contribution in [3.63, 3.8) is 0 Å². The Labute approximate surface area is 91.5 Å². The maximum absolute atomic E-state index is 10.9. The molecule has 15 heavy (non-hydrogen) atoms. The van der Waals surface area contributed by atoms with Crippen LogP contribution in [-0.4, -0.2) is 21.7 Å². The van der Waals surface area contributed by atoms with E-state index in [1.807, 2.05) is 35.1 Å². The van der Waals surface area contributed by atoms with Gasteiger partial charge in [0.05, 0.1) is 11.0 Å². The van der Waals surface area contributed by atoms with Crippen molar-refractivity contribution in [2.24, 2.45) is 5.73 Å². The van der Waals surface area contributed by atoms with E-state index in [0.29, 0.717) is 0 Å². The molecule has 0 saturated carbocycles. The van der Waals surface area contributed by atoms with E-state index in [1.165, 1.54) is 11.8 Å². The molecule has 0 aliphatic carbocycles. The average molecular weight is 221 g/mol. The molecule has 1 amide bonds. The lowest BCUT2D eigenvalue weighted by Crippen LogP contribution is -2.19. The minimum Gasteiger partial charge on any atom is -0.368 e. The third-order valence-corrected chi connectivity index (χ3v) is 2.79. The van der Waals surface area contributed by atoms with E-state index < -0.39 is 0 Å². The highest BCUT2D eigenvalue weighted by atomic mass is 32.2. The molecule has 2 aromatic rings. The molecule has 2 rings (SSSR count). The molecule has 0 saturated heterocycles. The maximum atomic E-state index is 10.9. The van der Waals surface area contributed by atoms with E-state index in [0.717, 1.165) is 16.2 Å². The van der Waals surface area contributed by atoms with Gasteiger partial charge in [-0.1, -0.05) is 23.9 Å². The average Bonchev–Trinajstić information content (AvgIpc) is 2.56. The number of amides is 1. The molecule has 1 aromatic carbocycles. The van der Waals surface area contributed by atoms with Crippen molar-refractivity contribution in [3.05, 3.63) is 24.3 Å². The molecule has 0 bridgehead atoms. The highest BCUT2D eigenvalue weighted by molar-refractivity contribution is 7.98. The molecule has 0 aliphatic heterocycles. The molecule has 0 fully saturated rings. The Morgan fingerprint density at radius 1 is 1.53 bits per heavy atom. The number of benzene rings is 1. The molecule has 5 heteroatoms. The Kier molecular flexibility index (Phi) is 2.64. The number of primary amides is 1. The van der Waals surface area contributed by atoms with Crippen LogP contribution < -0.4 is 5.73 Å². The van der Waals surface area contributed by atoms with E-state index >= 15 is 0 Å². The second kappa shape index (κ2) is 3.94. The molecule has 1 aromatic heterocycles. The topological polar surface area (TPSA) is 60.9 Å². The maximum Gasteiger partial charge on any atom is 0.237 e. The van der Waals surface area contributed by atoms with Gasteiger partial charge in [-0.3, -0.25) is 4.79 Å². The third kappa shape index (κ3) is 1.83. The summed E-state index contributed by atoms with van der Waals surface area (Å²) in [4.78, 5) is 15.3. The van der Waals surface area contributed by atoms with Crippen molar-refractivity contribution in [3.8, 4) is 0 Å². The molecule has 0 radical (unpaired) electrons. The summed E-state index contributed by atoms with van der Waals surface area (Å²) in [5.41, 5.74) is 7.04. The van der Waals surface area contributed by atoms with E-state index in [2.05, 4.69) is 4.98 Å². The molecule has 0 aliphatic rings. The van der Waals surface area contributed by atoms with E-state index in [9.17, 15) is 4.79 Å². The molecular formula is C10H11N3OS. The first-order valence-electron chi connectivity index (χ1n) is 4.50. The number of rotatable bonds is 3. The summed E-state index contributed by atoms with van der Waals surface area (Å²) < 4.78 is 1.84. The smallest absolute Gasteiger partial charge is 0.237 e. The Morgan fingerprint density at radius 3 is 2.93 bits per heavy atom. The van der Waals surface area contributed by atoms with Gasteiger partial charge >= 0.3 is 0 Å². The lowest BCUT2D eigenvalue weighted by Gasteiger charge is -2.03. The Morgan fingerprint density at radius 2 is 2.27 bits per heavy atom. The predicted molar refractivity (Wildman–Crippen MR) is 60.7 cm³/mol. The third-order valence-electron chi connectivity index (χ3n) is 2.12. The summed E-state index contributed by atoms with van der Waals surface area (Å²) in [7, 11) is 0. The zero-order valence-electron chi connectivity index (χ0n) is 8.30. The minimum absolute atomic E-state index is 0.177. The van der Waals surface area contributed by atoms with Crippen LogP contribution in [0.2, 0.25) is 0 Å². The number of fused-ring (bicyclic) bond motifs is 1. The van der Waals surface area contributed by atoms with Gasteiger partial charge in [0, 0.05) is 0 Å². The molecule has 78 valence electrons. The normalized spacial score (nSPS) is 10.7. The number of aromatic nitrogens is 2. The van der Waals surface area contributed by atoms with Gasteiger partial charge in [-0.2, -0.15) is 0 Å². The zero-order chi connectivity index (χ0) is 10.8. The van der Waals surface area contributed by atoms with Crippen molar-refractivity contribution in [1.29, 1.82) is 0 Å². The minimum atomic E-state index is -0.353. The molecule has 0 spiro atoms. The number of thioether (sulfide) groups is 1. The number of hydrogen-bond donors (Lipinski definition) is 1. The number of para-hydroxylation sites is 2. The van der Waals surface area contributed by atoms with Gasteiger partial charge in [-0.05, 0) is 18.4 Å². The molecule has 4 nitrogen and oxygen atoms in total. The summed E-state index contributed by atoms with van der Waals surface area (Å²) in [5, 5.41) is 0.815. The number of nitrogens with two attached hydrogens (primary N) is 1. The molecule has 0 unspecified atom stereocenters. The summed E-state index contributed by atoms with van der Waals surface area (Å²) >= 11 is 1.51. The summed E-state index contributed by atoms with van der Waals surface area (Å²) in [6, 6.07) is 7.71. The van der Waals surface area contributed by atoms with Crippen LogP contribution in [0.1, 0.15) is 0 Å². The molecular weight excluding hydrogens is 210 g/mol. The lowest BCUT2D eigenvalue weighted by molar-refractivity contribution is -0.118. The van der Waals surface area contributed by atoms with Crippen LogP contribution in [0.4, 0.5) is 0 Å². The van der Waals surface area contributed by atoms with E-state index in [1.54, 1.807) is 0 Å². The Hall–Kier alpha value is -1.49. The number of carbonyl (C=O) groups is 1. The first-order chi connectivity index (χ1) is 7.22. The van der Waals surface area contributed by atoms with Crippen molar-refractivity contribution < 1.29 is 4.79 Å². The van der Waals surface area contributed by atoms with Crippen LogP contribution in [0.15, 0.2) is 29.4 Å². The molecule has 2 N–H and O–H groups in total. The highest BCUT2D eigenvalue weighted by Gasteiger charge is 2.10. The van der Waals surface area contributed by atoms with E-state index in [4.69, 9.17) is 5.73 Å². The summed E-state index contributed by atoms with van der Waals surface area (Å²) in [5.74, 6) is -0.353. The van der Waals surface area contributed by atoms with Gasteiger partial charge < -0.3 is 10.3 Å². The van der Waals surface area contributed by atoms with E-state index in [-0.39, 0.29) is 12.5 Å². The van der Waals surface area contributed by atoms with Crippen LogP contribution in [0.3, 0.4) is 0 Å². The SMILES string of the molecule is CSc1nc2ccccc2n1CC(N)=O. The van der Waals surface area contributed by atoms with Crippen molar-refractivity contribution in [1.82, 2.24) is 9.55 Å². The number of carbonyl (C=O) groups excluding carboxylic acids is 1. The van der Waals surface area contributed by atoms with Gasteiger partial charge in [0.2, 0.25) is 5.91 Å². The quantitative estimate of drug-likeness (QED) is 0.793. The zero-order valence-corrected chi connectivity index (χ0v) is 9.12. The Balaban J connectivity index is 2.61. The number of nitrogens with zero attached hydrogens (tertiary/aromatic N) is 2. The monoisotopic (exact) mass is 221 g/mol. The van der Waals surface area contributed by atoms with Crippen LogP contribution in [-0.2, 0) is 11.3 Å². The van der Waals surface area contributed by atoms with Gasteiger partial charge in [-0.15, -0.1) is 0 Å².